The second-order valence-electron chi connectivity index (χ2n) is 6.17. The summed E-state index contributed by atoms with van der Waals surface area (Å²) in [6.07, 6.45) is 2.27. The number of fused-ring (bicyclic) bond motifs is 1. The van der Waals surface area contributed by atoms with Crippen molar-refractivity contribution in [3.63, 3.8) is 0 Å². The van der Waals surface area contributed by atoms with Crippen molar-refractivity contribution in [1.29, 1.82) is 0 Å². The van der Waals surface area contributed by atoms with Gasteiger partial charge in [0.1, 0.15) is 17.8 Å². The van der Waals surface area contributed by atoms with E-state index in [0.717, 1.165) is 12.1 Å². The Labute approximate surface area is 156 Å². The largest absolute Gasteiger partial charge is 0.340 e. The van der Waals surface area contributed by atoms with Gasteiger partial charge in [-0.2, -0.15) is 0 Å². The number of halogens is 1. The van der Waals surface area contributed by atoms with Crippen LogP contribution in [0.15, 0.2) is 60.9 Å². The molecular formula is C20H17ClN4O. The van der Waals surface area contributed by atoms with E-state index in [2.05, 4.69) is 27.4 Å². The number of carbonyl (C=O) groups excluding carboxylic acids is 1. The number of amides is 1. The van der Waals surface area contributed by atoms with Crippen LogP contribution in [0.4, 0.5) is 11.5 Å². The average molecular weight is 365 g/mol. The molecule has 0 saturated carbocycles. The van der Waals surface area contributed by atoms with Crippen LogP contribution in [0, 0.1) is 0 Å². The predicted octanol–water partition coefficient (Wildman–Crippen LogP) is 4.07. The molecule has 1 N–H and O–H groups in total. The minimum Gasteiger partial charge on any atom is -0.340 e. The molecule has 1 aromatic heterocycles. The van der Waals surface area contributed by atoms with Crippen LogP contribution >= 0.6 is 11.6 Å². The molecule has 0 fully saturated rings. The van der Waals surface area contributed by atoms with Crippen LogP contribution < -0.4 is 5.32 Å². The molecule has 0 bridgehead atoms. The summed E-state index contributed by atoms with van der Waals surface area (Å²) in [6, 6.07) is 17.2. The van der Waals surface area contributed by atoms with Crippen molar-refractivity contribution in [2.75, 3.05) is 11.9 Å². The minimum absolute atomic E-state index is 0.0824. The molecule has 1 aliphatic heterocycles. The summed E-state index contributed by atoms with van der Waals surface area (Å²) in [5.74, 6) is 0.490. The molecule has 6 heteroatoms. The van der Waals surface area contributed by atoms with Crippen LogP contribution in [0.25, 0.3) is 0 Å². The molecule has 2 heterocycles. The number of nitrogens with zero attached hydrogens (tertiary/aromatic N) is 3. The SMILES string of the molecule is O=C(c1cc(Nc2ccc(Cl)cc2)ncn1)N1CCc2ccccc2C1. The summed E-state index contributed by atoms with van der Waals surface area (Å²) in [4.78, 5) is 23.0. The third kappa shape index (κ3) is 3.53. The number of benzene rings is 2. The Bertz CT molecular complexity index is 943. The van der Waals surface area contributed by atoms with E-state index in [1.54, 1.807) is 18.2 Å². The van der Waals surface area contributed by atoms with Crippen LogP contribution in [0.1, 0.15) is 21.6 Å². The summed E-state index contributed by atoms with van der Waals surface area (Å²) >= 11 is 5.90. The summed E-state index contributed by atoms with van der Waals surface area (Å²) in [5.41, 5.74) is 3.74. The summed E-state index contributed by atoms with van der Waals surface area (Å²) in [6.45, 7) is 1.30. The summed E-state index contributed by atoms with van der Waals surface area (Å²) in [5, 5.41) is 3.83. The topological polar surface area (TPSA) is 58.1 Å². The number of anilines is 2. The lowest BCUT2D eigenvalue weighted by Gasteiger charge is -2.28. The Morgan fingerprint density at radius 1 is 1.04 bits per heavy atom. The zero-order valence-electron chi connectivity index (χ0n) is 14.0. The van der Waals surface area contributed by atoms with Gasteiger partial charge in [-0.15, -0.1) is 0 Å². The van der Waals surface area contributed by atoms with Crippen molar-refractivity contribution in [3.8, 4) is 0 Å². The zero-order valence-corrected chi connectivity index (χ0v) is 14.8. The second-order valence-corrected chi connectivity index (χ2v) is 6.60. The molecule has 0 aliphatic carbocycles. The first kappa shape index (κ1) is 16.5. The molecule has 2 aromatic carbocycles. The van der Waals surface area contributed by atoms with Gasteiger partial charge in [-0.1, -0.05) is 35.9 Å². The highest BCUT2D eigenvalue weighted by Gasteiger charge is 2.22. The number of nitrogens with one attached hydrogen (secondary N) is 1. The highest BCUT2D eigenvalue weighted by molar-refractivity contribution is 6.30. The molecule has 3 aromatic rings. The molecule has 26 heavy (non-hydrogen) atoms. The fourth-order valence-corrected chi connectivity index (χ4v) is 3.18. The van der Waals surface area contributed by atoms with E-state index < -0.39 is 0 Å². The monoisotopic (exact) mass is 364 g/mol. The van der Waals surface area contributed by atoms with Crippen LogP contribution in [-0.2, 0) is 13.0 Å². The van der Waals surface area contributed by atoms with Crippen molar-refractivity contribution in [2.24, 2.45) is 0 Å². The van der Waals surface area contributed by atoms with Gasteiger partial charge in [0.25, 0.3) is 5.91 Å². The average Bonchev–Trinajstić information content (AvgIpc) is 2.69. The second kappa shape index (κ2) is 7.14. The maximum atomic E-state index is 12.8. The maximum absolute atomic E-state index is 12.8. The Balaban J connectivity index is 1.51. The first-order valence-corrected chi connectivity index (χ1v) is 8.77. The molecule has 0 spiro atoms. The molecule has 0 saturated heterocycles. The van der Waals surface area contributed by atoms with Crippen molar-refractivity contribution in [3.05, 3.63) is 82.8 Å². The van der Waals surface area contributed by atoms with Gasteiger partial charge in [0.05, 0.1) is 0 Å². The van der Waals surface area contributed by atoms with E-state index in [4.69, 9.17) is 11.6 Å². The third-order valence-corrected chi connectivity index (χ3v) is 4.67. The maximum Gasteiger partial charge on any atom is 0.272 e. The van der Waals surface area contributed by atoms with Crippen molar-refractivity contribution in [1.82, 2.24) is 14.9 Å². The first-order chi connectivity index (χ1) is 12.7. The Kier molecular flexibility index (Phi) is 4.54. The molecular weight excluding hydrogens is 348 g/mol. The molecule has 4 rings (SSSR count). The van der Waals surface area contributed by atoms with Gasteiger partial charge in [-0.3, -0.25) is 4.79 Å². The highest BCUT2D eigenvalue weighted by Crippen LogP contribution is 2.21. The quantitative estimate of drug-likeness (QED) is 0.761. The number of rotatable bonds is 3. The van der Waals surface area contributed by atoms with Gasteiger partial charge in [0, 0.05) is 29.9 Å². The van der Waals surface area contributed by atoms with E-state index >= 15 is 0 Å². The molecule has 0 unspecified atom stereocenters. The van der Waals surface area contributed by atoms with E-state index in [1.165, 1.54) is 17.5 Å². The smallest absolute Gasteiger partial charge is 0.272 e. The van der Waals surface area contributed by atoms with Gasteiger partial charge in [-0.25, -0.2) is 9.97 Å². The van der Waals surface area contributed by atoms with Gasteiger partial charge >= 0.3 is 0 Å². The third-order valence-electron chi connectivity index (χ3n) is 4.42. The minimum atomic E-state index is -0.0824. The molecule has 0 radical (unpaired) electrons. The number of hydrogen-bond acceptors (Lipinski definition) is 4. The summed E-state index contributed by atoms with van der Waals surface area (Å²) in [7, 11) is 0. The highest BCUT2D eigenvalue weighted by atomic mass is 35.5. The van der Waals surface area contributed by atoms with Crippen LogP contribution in [0.5, 0.6) is 0 Å². The van der Waals surface area contributed by atoms with Gasteiger partial charge in [0.15, 0.2) is 0 Å². The Hall–Kier alpha value is -2.92. The van der Waals surface area contributed by atoms with E-state index in [1.807, 2.05) is 29.2 Å². The fourth-order valence-electron chi connectivity index (χ4n) is 3.05. The van der Waals surface area contributed by atoms with Crippen LogP contribution in [-0.4, -0.2) is 27.3 Å². The van der Waals surface area contributed by atoms with E-state index in [0.29, 0.717) is 29.6 Å². The molecule has 1 amide bonds. The molecule has 0 atom stereocenters. The van der Waals surface area contributed by atoms with Crippen LogP contribution in [0.3, 0.4) is 0 Å². The lowest BCUT2D eigenvalue weighted by atomic mass is 10.00. The number of carbonyl (C=O) groups is 1. The molecule has 1 aliphatic rings. The lowest BCUT2D eigenvalue weighted by molar-refractivity contribution is 0.0728. The first-order valence-electron chi connectivity index (χ1n) is 8.40. The number of hydrogen-bond donors (Lipinski definition) is 1. The molecule has 130 valence electrons. The van der Waals surface area contributed by atoms with Gasteiger partial charge in [-0.05, 0) is 41.8 Å². The van der Waals surface area contributed by atoms with E-state index in [-0.39, 0.29) is 5.91 Å². The standard InChI is InChI=1S/C20H17ClN4O/c21-16-5-7-17(8-6-16)24-19-11-18(22-13-23-19)20(26)25-10-9-14-3-1-2-4-15(14)12-25/h1-8,11,13H,9-10,12H2,(H,22,23,24). The Morgan fingerprint density at radius 2 is 1.81 bits per heavy atom. The lowest BCUT2D eigenvalue weighted by Crippen LogP contribution is -2.36. The van der Waals surface area contributed by atoms with Crippen molar-refractivity contribution in [2.45, 2.75) is 13.0 Å². The zero-order chi connectivity index (χ0) is 17.9. The van der Waals surface area contributed by atoms with Crippen molar-refractivity contribution >= 4 is 29.0 Å². The number of aromatic nitrogens is 2. The van der Waals surface area contributed by atoms with Crippen molar-refractivity contribution < 1.29 is 4.79 Å². The normalized spacial score (nSPS) is 13.2. The van der Waals surface area contributed by atoms with Crippen LogP contribution in [0.2, 0.25) is 5.02 Å². The van der Waals surface area contributed by atoms with Gasteiger partial charge < -0.3 is 10.2 Å². The molecule has 5 nitrogen and oxygen atoms in total. The predicted molar refractivity (Wildman–Crippen MR) is 102 cm³/mol. The fraction of sp³-hybridized carbons (Fsp3) is 0.150. The Morgan fingerprint density at radius 3 is 2.62 bits per heavy atom. The van der Waals surface area contributed by atoms with E-state index in [9.17, 15) is 4.79 Å². The van der Waals surface area contributed by atoms with Gasteiger partial charge in [0.2, 0.25) is 0 Å². The summed E-state index contributed by atoms with van der Waals surface area (Å²) < 4.78 is 0.